The normalized spacial score (nSPS) is 13.8. The van der Waals surface area contributed by atoms with Gasteiger partial charge in [0.2, 0.25) is 10.0 Å². The van der Waals surface area contributed by atoms with Crippen molar-refractivity contribution < 1.29 is 17.9 Å². The molecule has 1 unspecified atom stereocenters. The van der Waals surface area contributed by atoms with Gasteiger partial charge in [0.1, 0.15) is 10.6 Å². The smallest absolute Gasteiger partial charge is 0.255 e. The lowest BCUT2D eigenvalue weighted by atomic mass is 9.92. The lowest BCUT2D eigenvalue weighted by Gasteiger charge is -2.31. The molecule has 1 aromatic carbocycles. The number of carbonyl (C=O) groups excluding carboxylic acids is 1. The molecular formula is C15H25Cl2N3O4S. The molecule has 1 atom stereocenters. The number of nitrogens with one attached hydrogen (secondary N) is 1. The number of sulfonamides is 1. The maximum absolute atomic E-state index is 12.8. The predicted octanol–water partition coefficient (Wildman–Crippen LogP) is 1.67. The number of carbonyl (C=O) groups is 1. The maximum Gasteiger partial charge on any atom is 0.255 e. The van der Waals surface area contributed by atoms with Gasteiger partial charge in [-0.05, 0) is 37.5 Å². The van der Waals surface area contributed by atoms with E-state index < -0.39 is 28.1 Å². The molecule has 0 spiro atoms. The van der Waals surface area contributed by atoms with Crippen molar-refractivity contribution in [2.24, 2.45) is 17.4 Å². The zero-order valence-corrected chi connectivity index (χ0v) is 16.8. The van der Waals surface area contributed by atoms with E-state index in [9.17, 15) is 13.2 Å². The second-order valence-corrected chi connectivity index (χ2v) is 8.40. The third-order valence-electron chi connectivity index (χ3n) is 3.26. The Labute approximate surface area is 159 Å². The van der Waals surface area contributed by atoms with E-state index in [4.69, 9.17) is 27.8 Å². The molecule has 1 aromatic rings. The van der Waals surface area contributed by atoms with Crippen molar-refractivity contribution in [3.8, 4) is 5.75 Å². The molecule has 1 rings (SSSR count). The van der Waals surface area contributed by atoms with Crippen LogP contribution in [0.2, 0.25) is 5.02 Å². The van der Waals surface area contributed by atoms with Gasteiger partial charge in [-0.15, -0.1) is 12.4 Å². The van der Waals surface area contributed by atoms with Gasteiger partial charge >= 0.3 is 0 Å². The van der Waals surface area contributed by atoms with Gasteiger partial charge in [0, 0.05) is 17.1 Å². The number of hydrogen-bond donors (Lipinski definition) is 3. The van der Waals surface area contributed by atoms with Gasteiger partial charge in [-0.3, -0.25) is 4.79 Å². The predicted molar refractivity (Wildman–Crippen MR) is 101 cm³/mol. The van der Waals surface area contributed by atoms with Crippen molar-refractivity contribution in [3.63, 3.8) is 0 Å². The largest absolute Gasteiger partial charge is 0.482 e. The van der Waals surface area contributed by atoms with Crippen LogP contribution in [0.4, 0.5) is 0 Å². The molecule has 0 radical (unpaired) electrons. The molecular weight excluding hydrogens is 389 g/mol. The van der Waals surface area contributed by atoms with E-state index in [-0.39, 0.29) is 40.5 Å². The Kier molecular flexibility index (Phi) is 9.18. The Hall–Kier alpha value is -1.06. The summed E-state index contributed by atoms with van der Waals surface area (Å²) in [7, 11) is -3.97. The summed E-state index contributed by atoms with van der Waals surface area (Å²) in [5.74, 6) is -0.478. The van der Waals surface area contributed by atoms with Gasteiger partial charge in [-0.1, -0.05) is 25.4 Å². The molecule has 7 nitrogen and oxygen atoms in total. The second kappa shape index (κ2) is 9.59. The first-order chi connectivity index (χ1) is 11.0. The van der Waals surface area contributed by atoms with Crippen molar-refractivity contribution in [1.29, 1.82) is 0 Å². The quantitative estimate of drug-likeness (QED) is 0.567. The monoisotopic (exact) mass is 413 g/mol. The van der Waals surface area contributed by atoms with Crippen molar-refractivity contribution in [1.82, 2.24) is 4.72 Å². The number of ether oxygens (including phenoxy) is 1. The van der Waals surface area contributed by atoms with Crippen LogP contribution in [-0.4, -0.2) is 33.0 Å². The summed E-state index contributed by atoms with van der Waals surface area (Å²) >= 11 is 5.91. The maximum atomic E-state index is 12.8. The highest BCUT2D eigenvalue weighted by molar-refractivity contribution is 7.89. The zero-order valence-electron chi connectivity index (χ0n) is 14.4. The first kappa shape index (κ1) is 23.9. The molecule has 144 valence electrons. The van der Waals surface area contributed by atoms with E-state index in [2.05, 4.69) is 4.72 Å². The third kappa shape index (κ3) is 7.37. The van der Waals surface area contributed by atoms with E-state index in [1.165, 1.54) is 18.2 Å². The number of hydrogen-bond acceptors (Lipinski definition) is 5. The molecule has 25 heavy (non-hydrogen) atoms. The first-order valence-corrected chi connectivity index (χ1v) is 9.30. The summed E-state index contributed by atoms with van der Waals surface area (Å²) in [6.45, 7) is 5.37. The number of nitrogens with two attached hydrogens (primary N) is 2. The summed E-state index contributed by atoms with van der Waals surface area (Å²) in [6, 6.07) is 4.10. The third-order valence-corrected chi connectivity index (χ3v) is 5.15. The Balaban J connectivity index is 0.00000576. The molecule has 0 saturated heterocycles. The number of halogens is 2. The van der Waals surface area contributed by atoms with E-state index in [1.54, 1.807) is 6.92 Å². The van der Waals surface area contributed by atoms with E-state index in [0.717, 1.165) is 0 Å². The van der Waals surface area contributed by atoms with Crippen LogP contribution in [0.5, 0.6) is 5.75 Å². The van der Waals surface area contributed by atoms with Crippen molar-refractivity contribution in [3.05, 3.63) is 23.2 Å². The van der Waals surface area contributed by atoms with Crippen LogP contribution < -0.4 is 20.9 Å². The van der Waals surface area contributed by atoms with Crippen LogP contribution in [0.3, 0.4) is 0 Å². The summed E-state index contributed by atoms with van der Waals surface area (Å²) in [5.41, 5.74) is 9.97. The molecule has 0 aromatic heterocycles. The highest BCUT2D eigenvalue weighted by atomic mass is 35.5. The molecule has 0 saturated carbocycles. The van der Waals surface area contributed by atoms with Gasteiger partial charge in [0.25, 0.3) is 5.91 Å². The highest BCUT2D eigenvalue weighted by Gasteiger charge is 2.32. The average molecular weight is 414 g/mol. The van der Waals surface area contributed by atoms with Gasteiger partial charge in [0.05, 0.1) is 0 Å². The molecule has 10 heteroatoms. The van der Waals surface area contributed by atoms with Crippen LogP contribution >= 0.6 is 24.0 Å². The Morgan fingerprint density at radius 1 is 1.40 bits per heavy atom. The van der Waals surface area contributed by atoms with E-state index in [1.807, 2.05) is 13.8 Å². The van der Waals surface area contributed by atoms with Gasteiger partial charge in [-0.2, -0.15) is 0 Å². The summed E-state index contributed by atoms with van der Waals surface area (Å²) in [5, 5.41) is 0.222. The van der Waals surface area contributed by atoms with Gasteiger partial charge < -0.3 is 16.2 Å². The molecule has 0 aliphatic heterocycles. The number of amides is 1. The summed E-state index contributed by atoms with van der Waals surface area (Å²) in [6.07, 6.45) is 0.556. The Morgan fingerprint density at radius 2 is 2.00 bits per heavy atom. The molecule has 0 bridgehead atoms. The fraction of sp³-hybridized carbons (Fsp3) is 0.533. The fourth-order valence-electron chi connectivity index (χ4n) is 2.41. The average Bonchev–Trinajstić information content (AvgIpc) is 2.44. The van der Waals surface area contributed by atoms with Crippen molar-refractivity contribution in [2.45, 2.75) is 37.6 Å². The minimum absolute atomic E-state index is 0. The van der Waals surface area contributed by atoms with Gasteiger partial charge in [0.15, 0.2) is 6.61 Å². The lowest BCUT2D eigenvalue weighted by Crippen LogP contribution is -2.52. The highest BCUT2D eigenvalue weighted by Crippen LogP contribution is 2.29. The Bertz CT molecular complexity index is 698. The standard InChI is InChI=1S/C15H24ClN3O4S.ClH/c1-10(2)7-15(3,9-17)19-24(21,22)13-6-11(16)4-5-12(13)23-8-14(18)20;/h4-6,10,19H,7-9,17H2,1-3H3,(H2,18,20);1H. The summed E-state index contributed by atoms with van der Waals surface area (Å²) < 4.78 is 33.4. The second-order valence-electron chi connectivity index (χ2n) is 6.31. The minimum Gasteiger partial charge on any atom is -0.482 e. The molecule has 1 amide bonds. The molecule has 0 aliphatic carbocycles. The molecule has 0 heterocycles. The number of benzene rings is 1. The van der Waals surface area contributed by atoms with Crippen LogP contribution in [0, 0.1) is 5.92 Å². The Morgan fingerprint density at radius 3 is 2.48 bits per heavy atom. The van der Waals surface area contributed by atoms with Crippen molar-refractivity contribution >= 4 is 39.9 Å². The molecule has 5 N–H and O–H groups in total. The fourth-order valence-corrected chi connectivity index (χ4v) is 4.24. The van der Waals surface area contributed by atoms with Crippen molar-refractivity contribution in [2.75, 3.05) is 13.2 Å². The van der Waals surface area contributed by atoms with E-state index in [0.29, 0.717) is 6.42 Å². The van der Waals surface area contributed by atoms with Crippen LogP contribution in [-0.2, 0) is 14.8 Å². The topological polar surface area (TPSA) is 125 Å². The lowest BCUT2D eigenvalue weighted by molar-refractivity contribution is -0.120. The van der Waals surface area contributed by atoms with Gasteiger partial charge in [-0.25, -0.2) is 13.1 Å². The first-order valence-electron chi connectivity index (χ1n) is 7.44. The molecule has 0 aliphatic rings. The SMILES string of the molecule is CC(C)CC(C)(CN)NS(=O)(=O)c1cc(Cl)ccc1OCC(N)=O.Cl. The number of primary amides is 1. The van der Waals surface area contributed by atoms with Crippen LogP contribution in [0.25, 0.3) is 0 Å². The number of rotatable bonds is 9. The van der Waals surface area contributed by atoms with Crippen LogP contribution in [0.15, 0.2) is 23.1 Å². The molecule has 0 fully saturated rings. The van der Waals surface area contributed by atoms with E-state index >= 15 is 0 Å². The zero-order chi connectivity index (χ0) is 18.5. The summed E-state index contributed by atoms with van der Waals surface area (Å²) in [4.78, 5) is 10.7. The van der Waals surface area contributed by atoms with Crippen LogP contribution in [0.1, 0.15) is 27.2 Å². The minimum atomic E-state index is -3.97.